The Kier molecular flexibility index (Phi) is 6.65. The minimum absolute atomic E-state index is 0.106. The minimum atomic E-state index is -0.117. The summed E-state index contributed by atoms with van der Waals surface area (Å²) in [5, 5.41) is 0. The molecule has 0 rings (SSSR count). The van der Waals surface area contributed by atoms with Crippen molar-refractivity contribution in [2.24, 2.45) is 17.6 Å². The normalized spacial score (nSPS) is 15.3. The maximum absolute atomic E-state index is 11.1. The average Bonchev–Trinajstić information content (AvgIpc) is 2.11. The molecule has 0 fully saturated rings. The molecule has 1 amide bonds. The number of unbranched alkanes of at least 4 members (excludes halogenated alkanes) is 1. The molecule has 13 heavy (non-hydrogen) atoms. The number of hydrogen-bond acceptors (Lipinski definition) is 1. The molecule has 2 unspecified atom stereocenters. The first-order chi connectivity index (χ1) is 6.11. The van der Waals surface area contributed by atoms with E-state index in [1.807, 2.05) is 0 Å². The van der Waals surface area contributed by atoms with Gasteiger partial charge >= 0.3 is 0 Å². The monoisotopic (exact) mass is 185 g/mol. The Morgan fingerprint density at radius 2 is 2.00 bits per heavy atom. The van der Waals surface area contributed by atoms with Crippen molar-refractivity contribution in [2.75, 3.05) is 0 Å². The molecule has 2 atom stereocenters. The molecule has 0 heterocycles. The maximum Gasteiger partial charge on any atom is 0.220 e. The van der Waals surface area contributed by atoms with Crippen LogP contribution in [0.15, 0.2) is 0 Å². The van der Waals surface area contributed by atoms with Gasteiger partial charge < -0.3 is 5.73 Å². The first-order valence-electron chi connectivity index (χ1n) is 5.41. The predicted molar refractivity (Wildman–Crippen MR) is 56.3 cm³/mol. The second-order valence-electron chi connectivity index (χ2n) is 3.99. The number of hydrogen-bond donors (Lipinski definition) is 1. The van der Waals surface area contributed by atoms with E-state index in [4.69, 9.17) is 5.73 Å². The van der Waals surface area contributed by atoms with Gasteiger partial charge in [-0.3, -0.25) is 4.79 Å². The van der Waals surface area contributed by atoms with E-state index in [1.54, 1.807) is 0 Å². The Bertz CT molecular complexity index is 145. The van der Waals surface area contributed by atoms with Crippen molar-refractivity contribution in [1.29, 1.82) is 0 Å². The highest BCUT2D eigenvalue weighted by Gasteiger charge is 2.16. The lowest BCUT2D eigenvalue weighted by atomic mass is 9.90. The van der Waals surface area contributed by atoms with Crippen LogP contribution < -0.4 is 5.73 Å². The highest BCUT2D eigenvalue weighted by Crippen LogP contribution is 2.19. The van der Waals surface area contributed by atoms with E-state index in [9.17, 15) is 4.79 Å². The van der Waals surface area contributed by atoms with E-state index in [-0.39, 0.29) is 11.8 Å². The van der Waals surface area contributed by atoms with Crippen LogP contribution in [0.3, 0.4) is 0 Å². The summed E-state index contributed by atoms with van der Waals surface area (Å²) in [4.78, 5) is 11.1. The number of amides is 1. The average molecular weight is 185 g/mol. The van der Waals surface area contributed by atoms with Gasteiger partial charge in [0.2, 0.25) is 5.91 Å². The van der Waals surface area contributed by atoms with Crippen LogP contribution >= 0.6 is 0 Å². The summed E-state index contributed by atoms with van der Waals surface area (Å²) >= 11 is 0. The highest BCUT2D eigenvalue weighted by molar-refractivity contribution is 5.76. The minimum Gasteiger partial charge on any atom is -0.369 e. The quantitative estimate of drug-likeness (QED) is 0.651. The summed E-state index contributed by atoms with van der Waals surface area (Å²) in [6.07, 6.45) is 5.33. The molecule has 0 aromatic heterocycles. The second kappa shape index (κ2) is 6.93. The SMILES string of the molecule is CCCCC(CC(C)CC)C(N)=O. The molecule has 0 aliphatic carbocycles. The molecule has 0 spiro atoms. The van der Waals surface area contributed by atoms with Crippen molar-refractivity contribution >= 4 is 5.91 Å². The number of nitrogens with two attached hydrogens (primary N) is 1. The smallest absolute Gasteiger partial charge is 0.220 e. The highest BCUT2D eigenvalue weighted by atomic mass is 16.1. The largest absolute Gasteiger partial charge is 0.369 e. The third-order valence-electron chi connectivity index (χ3n) is 2.69. The molecule has 0 bridgehead atoms. The Labute approximate surface area is 81.9 Å². The first-order valence-corrected chi connectivity index (χ1v) is 5.41. The molecular weight excluding hydrogens is 162 g/mol. The summed E-state index contributed by atoms with van der Waals surface area (Å²) in [7, 11) is 0. The van der Waals surface area contributed by atoms with E-state index < -0.39 is 0 Å². The first kappa shape index (κ1) is 12.5. The van der Waals surface area contributed by atoms with Gasteiger partial charge in [-0.25, -0.2) is 0 Å². The standard InChI is InChI=1S/C11H23NO/c1-4-6-7-10(11(12)13)8-9(3)5-2/h9-10H,4-8H2,1-3H3,(H2,12,13). The second-order valence-corrected chi connectivity index (χ2v) is 3.99. The van der Waals surface area contributed by atoms with Gasteiger partial charge in [0.25, 0.3) is 0 Å². The van der Waals surface area contributed by atoms with Crippen LogP contribution in [0.25, 0.3) is 0 Å². The lowest BCUT2D eigenvalue weighted by Gasteiger charge is -2.16. The molecule has 0 aromatic carbocycles. The Morgan fingerprint density at radius 3 is 2.38 bits per heavy atom. The molecule has 2 heteroatoms. The van der Waals surface area contributed by atoms with E-state index in [1.165, 1.54) is 0 Å². The molecular formula is C11H23NO. The van der Waals surface area contributed by atoms with E-state index in [2.05, 4.69) is 20.8 Å². The van der Waals surface area contributed by atoms with Gasteiger partial charge in [-0.05, 0) is 18.8 Å². The third-order valence-corrected chi connectivity index (χ3v) is 2.69. The summed E-state index contributed by atoms with van der Waals surface area (Å²) in [6, 6.07) is 0. The van der Waals surface area contributed by atoms with Crippen LogP contribution in [0, 0.1) is 11.8 Å². The summed E-state index contributed by atoms with van der Waals surface area (Å²) in [5.74, 6) is 0.609. The molecule has 0 aliphatic heterocycles. The van der Waals surface area contributed by atoms with E-state index in [0.29, 0.717) is 5.92 Å². The zero-order chi connectivity index (χ0) is 10.3. The van der Waals surface area contributed by atoms with Crippen molar-refractivity contribution in [3.05, 3.63) is 0 Å². The molecule has 2 N–H and O–H groups in total. The van der Waals surface area contributed by atoms with Crippen molar-refractivity contribution in [1.82, 2.24) is 0 Å². The van der Waals surface area contributed by atoms with Crippen LogP contribution in [0.2, 0.25) is 0 Å². The van der Waals surface area contributed by atoms with Crippen molar-refractivity contribution in [3.8, 4) is 0 Å². The van der Waals surface area contributed by atoms with Crippen LogP contribution in [-0.4, -0.2) is 5.91 Å². The van der Waals surface area contributed by atoms with Crippen LogP contribution in [0.4, 0.5) is 0 Å². The molecule has 0 saturated heterocycles. The lowest BCUT2D eigenvalue weighted by molar-refractivity contribution is -0.122. The fourth-order valence-electron chi connectivity index (χ4n) is 1.48. The van der Waals surface area contributed by atoms with Crippen LogP contribution in [-0.2, 0) is 4.79 Å². The van der Waals surface area contributed by atoms with Gasteiger partial charge in [0, 0.05) is 5.92 Å². The van der Waals surface area contributed by atoms with Gasteiger partial charge in [-0.2, -0.15) is 0 Å². The zero-order valence-electron chi connectivity index (χ0n) is 9.18. The van der Waals surface area contributed by atoms with E-state index >= 15 is 0 Å². The van der Waals surface area contributed by atoms with Gasteiger partial charge in [0.05, 0.1) is 0 Å². The van der Waals surface area contributed by atoms with Crippen molar-refractivity contribution < 1.29 is 4.79 Å². The van der Waals surface area contributed by atoms with Gasteiger partial charge in [0.15, 0.2) is 0 Å². The maximum atomic E-state index is 11.1. The molecule has 78 valence electrons. The Balaban J connectivity index is 3.87. The molecule has 0 radical (unpaired) electrons. The Hall–Kier alpha value is -0.530. The zero-order valence-corrected chi connectivity index (χ0v) is 9.18. The Morgan fingerprint density at radius 1 is 1.38 bits per heavy atom. The van der Waals surface area contributed by atoms with Crippen LogP contribution in [0.5, 0.6) is 0 Å². The summed E-state index contributed by atoms with van der Waals surface area (Å²) in [6.45, 7) is 6.48. The van der Waals surface area contributed by atoms with Crippen molar-refractivity contribution in [2.45, 2.75) is 52.9 Å². The fraction of sp³-hybridized carbons (Fsp3) is 0.909. The van der Waals surface area contributed by atoms with Crippen molar-refractivity contribution in [3.63, 3.8) is 0 Å². The molecule has 0 aromatic rings. The van der Waals surface area contributed by atoms with Gasteiger partial charge in [0.1, 0.15) is 0 Å². The number of rotatable bonds is 7. The van der Waals surface area contributed by atoms with Gasteiger partial charge in [-0.15, -0.1) is 0 Å². The number of carbonyl (C=O) groups is 1. The van der Waals surface area contributed by atoms with Gasteiger partial charge in [-0.1, -0.05) is 40.0 Å². The number of carbonyl (C=O) groups excluding carboxylic acids is 1. The van der Waals surface area contributed by atoms with Crippen LogP contribution in [0.1, 0.15) is 52.9 Å². The molecule has 0 aliphatic rings. The number of primary amides is 1. The topological polar surface area (TPSA) is 43.1 Å². The summed E-state index contributed by atoms with van der Waals surface area (Å²) in [5.41, 5.74) is 5.34. The predicted octanol–water partition coefficient (Wildman–Crippen LogP) is 2.71. The lowest BCUT2D eigenvalue weighted by Crippen LogP contribution is -2.24. The van der Waals surface area contributed by atoms with E-state index in [0.717, 1.165) is 32.1 Å². The molecule has 2 nitrogen and oxygen atoms in total. The molecule has 0 saturated carbocycles. The summed E-state index contributed by atoms with van der Waals surface area (Å²) < 4.78 is 0. The fourth-order valence-corrected chi connectivity index (χ4v) is 1.48. The third kappa shape index (κ3) is 5.67.